The highest BCUT2D eigenvalue weighted by Crippen LogP contribution is 2.31. The molecule has 2 aliphatic heterocycles. The molecule has 2 aliphatic rings. The van der Waals surface area contributed by atoms with E-state index in [1.54, 1.807) is 31.2 Å². The molecule has 33 heavy (non-hydrogen) atoms. The summed E-state index contributed by atoms with van der Waals surface area (Å²) in [5, 5.41) is 17.6. The lowest BCUT2D eigenvalue weighted by molar-refractivity contribution is -0.139. The van der Waals surface area contributed by atoms with Gasteiger partial charge in [-0.1, -0.05) is 12.1 Å². The minimum Gasteiger partial charge on any atom is -0.370 e. The van der Waals surface area contributed by atoms with Gasteiger partial charge in [0, 0.05) is 26.2 Å². The highest BCUT2D eigenvalue weighted by Gasteiger charge is 2.36. The highest BCUT2D eigenvalue weighted by molar-refractivity contribution is 5.79. The molecule has 10 heteroatoms. The number of hydrazine groups is 1. The predicted octanol–water partition coefficient (Wildman–Crippen LogP) is 1.51. The average Bonchev–Trinajstić information content (AvgIpc) is 2.83. The van der Waals surface area contributed by atoms with Crippen molar-refractivity contribution in [3.05, 3.63) is 58.5 Å². The van der Waals surface area contributed by atoms with E-state index in [4.69, 9.17) is 16.0 Å². The van der Waals surface area contributed by atoms with E-state index in [2.05, 4.69) is 9.88 Å². The molecule has 1 aromatic carbocycles. The Balaban J connectivity index is 1.38. The molecule has 1 aromatic heterocycles. The Kier molecular flexibility index (Phi) is 6.65. The predicted molar refractivity (Wildman–Crippen MR) is 120 cm³/mol. The summed E-state index contributed by atoms with van der Waals surface area (Å²) in [5.41, 5.74) is 2.10. The van der Waals surface area contributed by atoms with E-state index in [-0.39, 0.29) is 30.0 Å². The summed E-state index contributed by atoms with van der Waals surface area (Å²) in [4.78, 5) is 21.4. The highest BCUT2D eigenvalue weighted by atomic mass is 19.1. The molecule has 2 saturated heterocycles. The van der Waals surface area contributed by atoms with E-state index in [9.17, 15) is 14.4 Å². The van der Waals surface area contributed by atoms with Gasteiger partial charge in [-0.2, -0.15) is 5.26 Å². The van der Waals surface area contributed by atoms with E-state index in [1.807, 2.05) is 11.0 Å². The summed E-state index contributed by atoms with van der Waals surface area (Å²) in [6.07, 6.45) is 0.871. The Labute approximate surface area is 191 Å². The number of benzene rings is 1. The van der Waals surface area contributed by atoms with Crippen LogP contribution in [0.3, 0.4) is 0 Å². The molecular weight excluding hydrogens is 425 g/mol. The molecule has 1 amide bonds. The SMILES string of the molecule is Cc1c(C2CN3CCN(C(=O)Cc4cccc(N(N)C=N)n4)CC3CO2)ccc(F)c1C#N. The summed E-state index contributed by atoms with van der Waals surface area (Å²) in [6.45, 7) is 4.68. The minimum absolute atomic E-state index is 0.0205. The normalized spacial score (nSPS) is 20.6. The van der Waals surface area contributed by atoms with Crippen LogP contribution < -0.4 is 10.9 Å². The van der Waals surface area contributed by atoms with Crippen LogP contribution in [0.5, 0.6) is 0 Å². The molecule has 0 aliphatic carbocycles. The third-order valence-electron chi connectivity index (χ3n) is 6.29. The molecule has 2 fully saturated rings. The van der Waals surface area contributed by atoms with Gasteiger partial charge in [-0.25, -0.2) is 15.2 Å². The van der Waals surface area contributed by atoms with E-state index in [0.29, 0.717) is 49.9 Å². The zero-order valence-corrected chi connectivity index (χ0v) is 18.4. The number of rotatable bonds is 5. The van der Waals surface area contributed by atoms with Gasteiger partial charge in [0.25, 0.3) is 0 Å². The molecular formula is C23H26FN7O2. The van der Waals surface area contributed by atoms with Crippen molar-refractivity contribution in [1.82, 2.24) is 14.8 Å². The summed E-state index contributed by atoms with van der Waals surface area (Å²) in [7, 11) is 0. The Hall–Kier alpha value is -3.39. The number of nitrogens with zero attached hydrogens (tertiary/aromatic N) is 5. The second-order valence-corrected chi connectivity index (χ2v) is 8.26. The fourth-order valence-corrected chi connectivity index (χ4v) is 4.42. The fourth-order valence-electron chi connectivity index (χ4n) is 4.42. The van der Waals surface area contributed by atoms with Crippen LogP contribution >= 0.6 is 0 Å². The van der Waals surface area contributed by atoms with Crippen LogP contribution in [0.2, 0.25) is 0 Å². The first-order chi connectivity index (χ1) is 15.9. The van der Waals surface area contributed by atoms with Crippen molar-refractivity contribution in [3.8, 4) is 6.07 Å². The van der Waals surface area contributed by atoms with Crippen LogP contribution in [-0.2, 0) is 16.0 Å². The maximum atomic E-state index is 13.9. The summed E-state index contributed by atoms with van der Waals surface area (Å²) in [5.74, 6) is 5.54. The average molecular weight is 452 g/mol. The second-order valence-electron chi connectivity index (χ2n) is 8.26. The van der Waals surface area contributed by atoms with Crippen molar-refractivity contribution in [3.63, 3.8) is 0 Å². The topological polar surface area (TPSA) is 123 Å². The van der Waals surface area contributed by atoms with Crippen LogP contribution in [0.25, 0.3) is 0 Å². The maximum Gasteiger partial charge on any atom is 0.228 e. The number of hydrogen-bond donors (Lipinski definition) is 2. The number of carbonyl (C=O) groups excluding carboxylic acids is 1. The number of nitrogens with one attached hydrogen (secondary N) is 1. The number of nitrogens with two attached hydrogens (primary N) is 1. The lowest BCUT2D eigenvalue weighted by Gasteiger charge is -2.46. The zero-order valence-electron chi connectivity index (χ0n) is 18.4. The molecule has 9 nitrogen and oxygen atoms in total. The van der Waals surface area contributed by atoms with Crippen LogP contribution in [0, 0.1) is 29.5 Å². The number of morpholine rings is 1. The standard InChI is InChI=1S/C23H26FN7O2/c1-15-18(5-6-20(24)19(15)10-25)21-12-29-7-8-30(11-17(29)13-33-21)23(32)9-16-3-2-4-22(28-16)31(27)14-26/h2-6,14,17,21,26H,7-9,11-13,27H2,1H3. The first-order valence-corrected chi connectivity index (χ1v) is 10.7. The Morgan fingerprint density at radius 3 is 2.97 bits per heavy atom. The van der Waals surface area contributed by atoms with Crippen molar-refractivity contribution in [1.29, 1.82) is 10.7 Å². The molecule has 172 valence electrons. The van der Waals surface area contributed by atoms with Gasteiger partial charge in [-0.15, -0.1) is 0 Å². The summed E-state index contributed by atoms with van der Waals surface area (Å²) in [6, 6.07) is 10.2. The van der Waals surface area contributed by atoms with Gasteiger partial charge in [0.1, 0.15) is 24.0 Å². The summed E-state index contributed by atoms with van der Waals surface area (Å²) >= 11 is 0. The molecule has 3 heterocycles. The number of ether oxygens (including phenoxy) is 1. The molecule has 0 bridgehead atoms. The minimum atomic E-state index is -0.517. The molecule has 0 radical (unpaired) electrons. The first-order valence-electron chi connectivity index (χ1n) is 10.7. The molecule has 4 rings (SSSR count). The molecule has 3 N–H and O–H groups in total. The van der Waals surface area contributed by atoms with Crippen LogP contribution in [0.1, 0.15) is 28.5 Å². The molecule has 0 saturated carbocycles. The molecule has 0 spiro atoms. The van der Waals surface area contributed by atoms with Crippen molar-refractivity contribution in [2.24, 2.45) is 5.84 Å². The first kappa shape index (κ1) is 22.8. The zero-order chi connectivity index (χ0) is 23.5. The third-order valence-corrected chi connectivity index (χ3v) is 6.29. The third kappa shape index (κ3) is 4.71. The molecule has 2 unspecified atom stereocenters. The number of aromatic nitrogens is 1. The Morgan fingerprint density at radius 1 is 1.39 bits per heavy atom. The Bertz CT molecular complexity index is 1100. The van der Waals surface area contributed by atoms with Crippen LogP contribution in [0.4, 0.5) is 10.2 Å². The number of halogens is 1. The number of carbonyl (C=O) groups is 1. The van der Waals surface area contributed by atoms with E-state index < -0.39 is 5.82 Å². The van der Waals surface area contributed by atoms with Crippen molar-refractivity contribution in [2.45, 2.75) is 25.5 Å². The Morgan fingerprint density at radius 2 is 2.21 bits per heavy atom. The van der Waals surface area contributed by atoms with Gasteiger partial charge in [-0.3, -0.25) is 20.1 Å². The summed E-state index contributed by atoms with van der Waals surface area (Å²) < 4.78 is 20.0. The molecule has 2 aromatic rings. The van der Waals surface area contributed by atoms with Gasteiger partial charge in [0.2, 0.25) is 5.91 Å². The van der Waals surface area contributed by atoms with Crippen LogP contribution in [-0.4, -0.2) is 65.9 Å². The van der Waals surface area contributed by atoms with Crippen molar-refractivity contribution in [2.75, 3.05) is 37.8 Å². The quantitative estimate of drug-likeness (QED) is 0.306. The number of piperazine rings is 1. The number of amides is 1. The largest absolute Gasteiger partial charge is 0.370 e. The fraction of sp³-hybridized carbons (Fsp3) is 0.391. The number of hydrogen-bond acceptors (Lipinski definition) is 7. The van der Waals surface area contributed by atoms with Gasteiger partial charge >= 0.3 is 0 Å². The van der Waals surface area contributed by atoms with Gasteiger partial charge < -0.3 is 9.64 Å². The number of fused-ring (bicyclic) bond motifs is 1. The smallest absolute Gasteiger partial charge is 0.228 e. The van der Waals surface area contributed by atoms with Gasteiger partial charge in [0.15, 0.2) is 0 Å². The number of anilines is 1. The lowest BCUT2D eigenvalue weighted by atomic mass is 9.96. The second kappa shape index (κ2) is 9.62. The van der Waals surface area contributed by atoms with Crippen molar-refractivity contribution >= 4 is 18.1 Å². The van der Waals surface area contributed by atoms with Gasteiger partial charge in [0.05, 0.1) is 36.4 Å². The van der Waals surface area contributed by atoms with E-state index >= 15 is 0 Å². The molecule has 2 atom stereocenters. The van der Waals surface area contributed by atoms with Crippen molar-refractivity contribution < 1.29 is 13.9 Å². The van der Waals surface area contributed by atoms with Crippen LogP contribution in [0.15, 0.2) is 30.3 Å². The monoisotopic (exact) mass is 451 g/mol. The maximum absolute atomic E-state index is 13.9. The lowest BCUT2D eigenvalue weighted by Crippen LogP contribution is -2.59. The number of pyridine rings is 1. The van der Waals surface area contributed by atoms with E-state index in [0.717, 1.165) is 16.9 Å². The number of nitriles is 1. The van der Waals surface area contributed by atoms with E-state index in [1.165, 1.54) is 6.07 Å². The van der Waals surface area contributed by atoms with Gasteiger partial charge in [-0.05, 0) is 36.2 Å².